The summed E-state index contributed by atoms with van der Waals surface area (Å²) in [7, 11) is -3.55. The Kier molecular flexibility index (Phi) is 4.56. The lowest BCUT2D eigenvalue weighted by atomic mass is 10.1. The lowest BCUT2D eigenvalue weighted by Gasteiger charge is -2.24. The van der Waals surface area contributed by atoms with Crippen LogP contribution in [-0.4, -0.2) is 37.8 Å². The van der Waals surface area contributed by atoms with Gasteiger partial charge < -0.3 is 4.90 Å². The molecule has 142 valence electrons. The number of aryl methyl sites for hydroxylation is 1. The van der Waals surface area contributed by atoms with Crippen molar-refractivity contribution in [3.05, 3.63) is 59.2 Å². The minimum atomic E-state index is -3.55. The highest BCUT2D eigenvalue weighted by atomic mass is 32.2. The van der Waals surface area contributed by atoms with Gasteiger partial charge in [-0.2, -0.15) is 4.31 Å². The van der Waals surface area contributed by atoms with E-state index in [2.05, 4.69) is 0 Å². The Bertz CT molecular complexity index is 994. The fourth-order valence-electron chi connectivity index (χ4n) is 4.07. The summed E-state index contributed by atoms with van der Waals surface area (Å²) in [4.78, 5) is 15.4. The number of hydrogen-bond acceptors (Lipinski definition) is 3. The number of fused-ring (bicyclic) bond motifs is 1. The molecule has 27 heavy (non-hydrogen) atoms. The quantitative estimate of drug-likeness (QED) is 0.815. The molecule has 1 fully saturated rings. The Morgan fingerprint density at radius 1 is 1.07 bits per heavy atom. The summed E-state index contributed by atoms with van der Waals surface area (Å²) in [5.74, 6) is -0.136. The minimum Gasteiger partial charge on any atom is -0.305 e. The third-order valence-electron chi connectivity index (χ3n) is 5.57. The maximum Gasteiger partial charge on any atom is 0.258 e. The number of para-hydroxylation sites is 1. The van der Waals surface area contributed by atoms with Gasteiger partial charge in [-0.25, -0.2) is 8.42 Å². The van der Waals surface area contributed by atoms with Crippen molar-refractivity contribution in [3.63, 3.8) is 0 Å². The molecule has 2 aliphatic heterocycles. The van der Waals surface area contributed by atoms with Crippen molar-refractivity contribution in [3.8, 4) is 0 Å². The molecule has 2 aromatic carbocycles. The first-order valence-corrected chi connectivity index (χ1v) is 10.9. The summed E-state index contributed by atoms with van der Waals surface area (Å²) < 4.78 is 27.3. The molecule has 0 bridgehead atoms. The molecular formula is C21H24N2O3S. The van der Waals surface area contributed by atoms with Crippen LogP contribution in [0.1, 0.15) is 41.3 Å². The summed E-state index contributed by atoms with van der Waals surface area (Å²) in [5.41, 5.74) is 3.31. The molecule has 1 saturated heterocycles. The van der Waals surface area contributed by atoms with Gasteiger partial charge in [-0.3, -0.25) is 4.79 Å². The molecule has 5 nitrogen and oxygen atoms in total. The molecule has 4 rings (SSSR count). The predicted molar refractivity (Wildman–Crippen MR) is 106 cm³/mol. The van der Waals surface area contributed by atoms with Crippen LogP contribution in [0.25, 0.3) is 0 Å². The number of carbonyl (C=O) groups is 1. The normalized spacial score (nSPS) is 20.1. The van der Waals surface area contributed by atoms with Crippen molar-refractivity contribution in [2.24, 2.45) is 0 Å². The van der Waals surface area contributed by atoms with Crippen LogP contribution in [0, 0.1) is 6.92 Å². The molecule has 1 atom stereocenters. The van der Waals surface area contributed by atoms with Gasteiger partial charge >= 0.3 is 0 Å². The van der Waals surface area contributed by atoms with E-state index in [0.29, 0.717) is 18.7 Å². The smallest absolute Gasteiger partial charge is 0.258 e. The topological polar surface area (TPSA) is 57.7 Å². The zero-order chi connectivity index (χ0) is 19.2. The van der Waals surface area contributed by atoms with Crippen LogP contribution in [0.4, 0.5) is 5.69 Å². The molecule has 0 radical (unpaired) electrons. The van der Waals surface area contributed by atoms with E-state index in [-0.39, 0.29) is 16.8 Å². The van der Waals surface area contributed by atoms with Crippen molar-refractivity contribution in [2.45, 2.75) is 44.0 Å². The van der Waals surface area contributed by atoms with Crippen LogP contribution in [0.3, 0.4) is 0 Å². The van der Waals surface area contributed by atoms with Crippen LogP contribution >= 0.6 is 0 Å². The summed E-state index contributed by atoms with van der Waals surface area (Å²) in [6, 6.07) is 12.9. The van der Waals surface area contributed by atoms with Crippen LogP contribution in [-0.2, 0) is 16.4 Å². The maximum atomic E-state index is 13.4. The first-order chi connectivity index (χ1) is 12.9. The first kappa shape index (κ1) is 18.2. The van der Waals surface area contributed by atoms with E-state index in [1.165, 1.54) is 4.31 Å². The molecule has 0 aromatic heterocycles. The zero-order valence-electron chi connectivity index (χ0n) is 15.7. The molecule has 1 amide bonds. The summed E-state index contributed by atoms with van der Waals surface area (Å²) in [6.45, 7) is 4.98. The third-order valence-corrected chi connectivity index (χ3v) is 7.46. The standard InChI is InChI=1S/C21H24N2O3S/c1-15-9-10-18(27(25,26)22-11-5-6-12-22)14-19(15)21(24)23-16(2)13-17-7-3-4-8-20(17)23/h3-4,7-10,14,16H,5-6,11-13H2,1-2H3/t16-/m0/s1. The van der Waals surface area contributed by atoms with Crippen molar-refractivity contribution >= 4 is 21.6 Å². The number of benzene rings is 2. The van der Waals surface area contributed by atoms with Crippen LogP contribution in [0.2, 0.25) is 0 Å². The molecule has 0 aliphatic carbocycles. The zero-order valence-corrected chi connectivity index (χ0v) is 16.5. The average molecular weight is 385 g/mol. The monoisotopic (exact) mass is 384 g/mol. The molecule has 2 heterocycles. The largest absolute Gasteiger partial charge is 0.305 e. The van der Waals surface area contributed by atoms with Crippen molar-refractivity contribution in [1.29, 1.82) is 0 Å². The van der Waals surface area contributed by atoms with Crippen LogP contribution in [0.15, 0.2) is 47.4 Å². The van der Waals surface area contributed by atoms with E-state index < -0.39 is 10.0 Å². The molecule has 2 aromatic rings. The van der Waals surface area contributed by atoms with E-state index in [1.54, 1.807) is 23.1 Å². The second-order valence-electron chi connectivity index (χ2n) is 7.44. The fourth-order valence-corrected chi connectivity index (χ4v) is 5.62. The van der Waals surface area contributed by atoms with Crippen molar-refractivity contribution < 1.29 is 13.2 Å². The van der Waals surface area contributed by atoms with Gasteiger partial charge in [0.05, 0.1) is 4.90 Å². The lowest BCUT2D eigenvalue weighted by molar-refractivity contribution is 0.0980. The third kappa shape index (κ3) is 3.07. The van der Waals surface area contributed by atoms with Gasteiger partial charge in [0.2, 0.25) is 10.0 Å². The van der Waals surface area contributed by atoms with Gasteiger partial charge in [0, 0.05) is 30.4 Å². The number of rotatable bonds is 3. The number of carbonyl (C=O) groups excluding carboxylic acids is 1. The Labute approximate surface area is 160 Å². The lowest BCUT2D eigenvalue weighted by Crippen LogP contribution is -2.36. The van der Waals surface area contributed by atoms with E-state index in [9.17, 15) is 13.2 Å². The Morgan fingerprint density at radius 2 is 1.78 bits per heavy atom. The van der Waals surface area contributed by atoms with Crippen LogP contribution in [0.5, 0.6) is 0 Å². The van der Waals surface area contributed by atoms with Gasteiger partial charge in [-0.15, -0.1) is 0 Å². The van der Waals surface area contributed by atoms with Gasteiger partial charge in [0.25, 0.3) is 5.91 Å². The molecule has 0 unspecified atom stereocenters. The Hall–Kier alpha value is -2.18. The number of anilines is 1. The number of nitrogens with zero attached hydrogens (tertiary/aromatic N) is 2. The highest BCUT2D eigenvalue weighted by Crippen LogP contribution is 2.34. The minimum absolute atomic E-state index is 0.0492. The number of amides is 1. The van der Waals surface area contributed by atoms with Crippen LogP contribution < -0.4 is 4.90 Å². The summed E-state index contributed by atoms with van der Waals surface area (Å²) in [6.07, 6.45) is 2.59. The molecule has 6 heteroatoms. The molecule has 0 saturated carbocycles. The highest BCUT2D eigenvalue weighted by Gasteiger charge is 2.33. The Morgan fingerprint density at radius 3 is 2.52 bits per heavy atom. The molecular weight excluding hydrogens is 360 g/mol. The van der Waals surface area contributed by atoms with Gasteiger partial charge in [-0.1, -0.05) is 24.3 Å². The number of sulfonamides is 1. The van der Waals surface area contributed by atoms with Crippen molar-refractivity contribution in [1.82, 2.24) is 4.31 Å². The summed E-state index contributed by atoms with van der Waals surface area (Å²) in [5, 5.41) is 0. The highest BCUT2D eigenvalue weighted by molar-refractivity contribution is 7.89. The van der Waals surface area contributed by atoms with E-state index >= 15 is 0 Å². The average Bonchev–Trinajstić information content (AvgIpc) is 3.29. The second kappa shape index (κ2) is 6.77. The van der Waals surface area contributed by atoms with E-state index in [4.69, 9.17) is 0 Å². The summed E-state index contributed by atoms with van der Waals surface area (Å²) >= 11 is 0. The molecule has 2 aliphatic rings. The van der Waals surface area contributed by atoms with Gasteiger partial charge in [-0.05, 0) is 62.4 Å². The first-order valence-electron chi connectivity index (χ1n) is 9.42. The Balaban J connectivity index is 1.73. The predicted octanol–water partition coefficient (Wildman–Crippen LogP) is 3.37. The van der Waals surface area contributed by atoms with Gasteiger partial charge in [0.15, 0.2) is 0 Å². The van der Waals surface area contributed by atoms with E-state index in [0.717, 1.165) is 36.1 Å². The van der Waals surface area contributed by atoms with Crippen molar-refractivity contribution in [2.75, 3.05) is 18.0 Å². The second-order valence-corrected chi connectivity index (χ2v) is 9.38. The maximum absolute atomic E-state index is 13.4. The molecule has 0 spiro atoms. The fraction of sp³-hybridized carbons (Fsp3) is 0.381. The van der Waals surface area contributed by atoms with Gasteiger partial charge in [0.1, 0.15) is 0 Å². The van der Waals surface area contributed by atoms with E-state index in [1.807, 2.05) is 38.1 Å². The molecule has 0 N–H and O–H groups in total. The SMILES string of the molecule is Cc1ccc(S(=O)(=O)N2CCCC2)cc1C(=O)N1c2ccccc2C[C@@H]1C. The number of hydrogen-bond donors (Lipinski definition) is 0.